The average molecular weight is 357 g/mol. The number of carbonyl (C=O) groups excluding carboxylic acids is 2. The van der Waals surface area contributed by atoms with Gasteiger partial charge in [-0.05, 0) is 32.0 Å². The minimum absolute atomic E-state index is 0.110. The Morgan fingerprint density at radius 2 is 1.81 bits per heavy atom. The number of carbonyl (C=O) groups is 2. The van der Waals surface area contributed by atoms with Gasteiger partial charge in [-0.15, -0.1) is 0 Å². The van der Waals surface area contributed by atoms with Crippen LogP contribution in [0.3, 0.4) is 0 Å². The normalized spacial score (nSPS) is 18.0. The van der Waals surface area contributed by atoms with Crippen LogP contribution in [0.4, 0.5) is 5.69 Å². The van der Waals surface area contributed by atoms with Crippen molar-refractivity contribution in [2.75, 3.05) is 18.5 Å². The molecule has 7 nitrogen and oxygen atoms in total. The number of rotatable bonds is 6. The fourth-order valence-electron chi connectivity index (χ4n) is 2.71. The zero-order valence-corrected chi connectivity index (χ0v) is 14.4. The first-order chi connectivity index (χ1) is 12.5. The van der Waals surface area contributed by atoms with Crippen molar-refractivity contribution in [2.24, 2.45) is 0 Å². The van der Waals surface area contributed by atoms with Gasteiger partial charge in [0.15, 0.2) is 11.5 Å². The maximum absolute atomic E-state index is 12.6. The van der Waals surface area contributed by atoms with E-state index in [0.717, 1.165) is 0 Å². The molecule has 1 heterocycles. The number of hydrogen-bond acceptors (Lipinski definition) is 6. The van der Waals surface area contributed by atoms with Crippen LogP contribution in [0, 0.1) is 0 Å². The predicted octanol–water partition coefficient (Wildman–Crippen LogP) is 2.44. The van der Waals surface area contributed by atoms with Crippen LogP contribution in [-0.2, 0) is 15.3 Å². The van der Waals surface area contributed by atoms with E-state index >= 15 is 0 Å². The molecule has 0 saturated carbocycles. The molecule has 0 fully saturated rings. The Bertz CT molecular complexity index is 850. The molecule has 0 spiro atoms. The summed E-state index contributed by atoms with van der Waals surface area (Å²) in [6.07, 6.45) is 0. The molecule has 0 saturated heterocycles. The van der Waals surface area contributed by atoms with E-state index in [1.165, 1.54) is 12.1 Å². The van der Waals surface area contributed by atoms with Gasteiger partial charge in [0.1, 0.15) is 0 Å². The van der Waals surface area contributed by atoms with Crippen LogP contribution >= 0.6 is 0 Å². The summed E-state index contributed by atoms with van der Waals surface area (Å²) >= 11 is 0. The highest BCUT2D eigenvalue weighted by Crippen LogP contribution is 2.36. The number of anilines is 1. The zero-order valence-electron chi connectivity index (χ0n) is 14.4. The van der Waals surface area contributed by atoms with Crippen LogP contribution in [0.1, 0.15) is 29.8 Å². The summed E-state index contributed by atoms with van der Waals surface area (Å²) in [4.78, 5) is 24.5. The summed E-state index contributed by atoms with van der Waals surface area (Å²) in [5, 5.41) is 13.2. The van der Waals surface area contributed by atoms with E-state index in [1.54, 1.807) is 30.3 Å². The van der Waals surface area contributed by atoms with Crippen LogP contribution in [0.25, 0.3) is 0 Å². The van der Waals surface area contributed by atoms with Gasteiger partial charge in [0, 0.05) is 17.3 Å². The first kappa shape index (κ1) is 17.8. The molecule has 1 atom stereocenters. The number of nitrogens with one attached hydrogen (secondary N) is 1. The predicted molar refractivity (Wildman–Crippen MR) is 93.2 cm³/mol. The van der Waals surface area contributed by atoms with Gasteiger partial charge in [-0.2, -0.15) is 0 Å². The second-order valence-electron chi connectivity index (χ2n) is 5.56. The molecule has 0 aromatic heterocycles. The number of amides is 1. The molecule has 1 aliphatic heterocycles. The summed E-state index contributed by atoms with van der Waals surface area (Å²) in [7, 11) is 0. The Hall–Kier alpha value is -3.06. The van der Waals surface area contributed by atoms with Crippen LogP contribution in [-0.4, -0.2) is 30.2 Å². The lowest BCUT2D eigenvalue weighted by molar-refractivity contribution is -0.180. The van der Waals surface area contributed by atoms with Crippen molar-refractivity contribution in [1.82, 2.24) is 0 Å². The highest BCUT2D eigenvalue weighted by atomic mass is 16.7. The maximum atomic E-state index is 12.6. The van der Waals surface area contributed by atoms with Gasteiger partial charge in [0.05, 0.1) is 18.8 Å². The highest BCUT2D eigenvalue weighted by Gasteiger charge is 2.50. The minimum atomic E-state index is -2.38. The Morgan fingerprint density at radius 3 is 2.54 bits per heavy atom. The second kappa shape index (κ2) is 7.05. The molecule has 0 aliphatic carbocycles. The molecule has 136 valence electrons. The summed E-state index contributed by atoms with van der Waals surface area (Å²) < 4.78 is 15.9. The number of esters is 1. The summed E-state index contributed by atoms with van der Waals surface area (Å²) in [6, 6.07) is 11.1. The molecule has 0 bridgehead atoms. The first-order valence-electron chi connectivity index (χ1n) is 8.26. The molecule has 2 aromatic carbocycles. The standard InChI is InChI=1S/C19H19NO6/c1-3-24-15-10-9-12(11-16(15)25-4-2)20-18(22)19(23)14-8-6-5-7-13(14)17(21)26-19/h5-11,23H,3-4H2,1-2H3,(H,20,22). The van der Waals surface area contributed by atoms with Gasteiger partial charge in [0.25, 0.3) is 0 Å². The average Bonchev–Trinajstić information content (AvgIpc) is 2.90. The summed E-state index contributed by atoms with van der Waals surface area (Å²) in [5.74, 6) is -2.99. The molecule has 7 heteroatoms. The van der Waals surface area contributed by atoms with Crippen molar-refractivity contribution in [3.05, 3.63) is 53.6 Å². The smallest absolute Gasteiger partial charge is 0.341 e. The molecule has 1 amide bonds. The van der Waals surface area contributed by atoms with Crippen LogP contribution in [0.15, 0.2) is 42.5 Å². The SMILES string of the molecule is CCOc1ccc(NC(=O)C2(O)OC(=O)c3ccccc32)cc1OCC. The molecule has 2 N–H and O–H groups in total. The fraction of sp³-hybridized carbons (Fsp3) is 0.263. The molecule has 26 heavy (non-hydrogen) atoms. The van der Waals surface area contributed by atoms with E-state index in [9.17, 15) is 14.7 Å². The molecule has 3 rings (SSSR count). The number of benzene rings is 2. The first-order valence-corrected chi connectivity index (χ1v) is 8.26. The summed E-state index contributed by atoms with van der Waals surface area (Å²) in [5.41, 5.74) is 0.640. The van der Waals surface area contributed by atoms with Crippen molar-refractivity contribution >= 4 is 17.6 Å². The lowest BCUT2D eigenvalue weighted by Crippen LogP contribution is -2.40. The van der Waals surface area contributed by atoms with E-state index in [-0.39, 0.29) is 11.1 Å². The largest absolute Gasteiger partial charge is 0.490 e. The van der Waals surface area contributed by atoms with Crippen molar-refractivity contribution in [3.8, 4) is 11.5 Å². The van der Waals surface area contributed by atoms with Gasteiger partial charge in [0.2, 0.25) is 0 Å². The van der Waals surface area contributed by atoms with Gasteiger partial charge in [-0.1, -0.05) is 18.2 Å². The third-order valence-electron chi connectivity index (χ3n) is 3.86. The molecule has 1 aliphatic rings. The van der Waals surface area contributed by atoms with Gasteiger partial charge in [-0.25, -0.2) is 4.79 Å². The second-order valence-corrected chi connectivity index (χ2v) is 5.56. The lowest BCUT2D eigenvalue weighted by atomic mass is 10.0. The van der Waals surface area contributed by atoms with Crippen LogP contribution < -0.4 is 14.8 Å². The van der Waals surface area contributed by atoms with E-state index in [4.69, 9.17) is 14.2 Å². The van der Waals surface area contributed by atoms with Crippen molar-refractivity contribution in [2.45, 2.75) is 19.6 Å². The van der Waals surface area contributed by atoms with E-state index in [1.807, 2.05) is 13.8 Å². The Morgan fingerprint density at radius 1 is 1.12 bits per heavy atom. The Kier molecular flexibility index (Phi) is 4.81. The molecular weight excluding hydrogens is 338 g/mol. The van der Waals surface area contributed by atoms with E-state index in [2.05, 4.69) is 5.32 Å². The number of fused-ring (bicyclic) bond motifs is 1. The highest BCUT2D eigenvalue weighted by molar-refractivity contribution is 6.05. The third-order valence-corrected chi connectivity index (χ3v) is 3.86. The fourth-order valence-corrected chi connectivity index (χ4v) is 2.71. The van der Waals surface area contributed by atoms with Gasteiger partial charge >= 0.3 is 17.7 Å². The van der Waals surface area contributed by atoms with Crippen molar-refractivity contribution < 1.29 is 28.9 Å². The number of aliphatic hydroxyl groups is 1. The van der Waals surface area contributed by atoms with E-state index < -0.39 is 17.7 Å². The molecular formula is C19H19NO6. The zero-order chi connectivity index (χ0) is 18.7. The Labute approximate surface area is 150 Å². The van der Waals surface area contributed by atoms with Crippen molar-refractivity contribution in [1.29, 1.82) is 0 Å². The molecule has 1 unspecified atom stereocenters. The summed E-state index contributed by atoms with van der Waals surface area (Å²) in [6.45, 7) is 4.58. The topological polar surface area (TPSA) is 94.1 Å². The molecule has 0 radical (unpaired) electrons. The number of cyclic esters (lactones) is 1. The third kappa shape index (κ3) is 3.09. The minimum Gasteiger partial charge on any atom is -0.490 e. The lowest BCUT2D eigenvalue weighted by Gasteiger charge is -2.21. The maximum Gasteiger partial charge on any atom is 0.341 e. The van der Waals surface area contributed by atoms with Crippen LogP contribution in [0.2, 0.25) is 0 Å². The van der Waals surface area contributed by atoms with Gasteiger partial charge < -0.3 is 24.6 Å². The Balaban J connectivity index is 1.86. The number of ether oxygens (including phenoxy) is 3. The van der Waals surface area contributed by atoms with E-state index in [0.29, 0.717) is 30.4 Å². The molecule has 2 aromatic rings. The quantitative estimate of drug-likeness (QED) is 0.771. The number of hydrogen-bond donors (Lipinski definition) is 2. The monoisotopic (exact) mass is 357 g/mol. The van der Waals surface area contributed by atoms with Crippen LogP contribution in [0.5, 0.6) is 11.5 Å². The van der Waals surface area contributed by atoms with Gasteiger partial charge in [-0.3, -0.25) is 4.79 Å². The van der Waals surface area contributed by atoms with Crippen molar-refractivity contribution in [3.63, 3.8) is 0 Å².